The SMILES string of the molecule is [CH2-][NH2+]C1CCN(C(=O)CCc2oc(-n3cnc4ccccc43)nc2-c2ccc(Cl)cc2)CC1. The number of para-hydroxylation sites is 2. The minimum atomic E-state index is 0.144. The van der Waals surface area contributed by atoms with Gasteiger partial charge in [-0.2, -0.15) is 12.0 Å². The molecule has 0 radical (unpaired) electrons. The highest BCUT2D eigenvalue weighted by atomic mass is 35.5. The smallest absolute Gasteiger partial charge is 0.308 e. The van der Waals surface area contributed by atoms with Crippen molar-refractivity contribution in [2.45, 2.75) is 31.7 Å². The average molecular weight is 464 g/mol. The molecule has 0 spiro atoms. The third-order valence-corrected chi connectivity index (χ3v) is 6.51. The zero-order valence-corrected chi connectivity index (χ0v) is 19.0. The molecule has 2 aromatic carbocycles. The van der Waals surface area contributed by atoms with Crippen LogP contribution in [0, 0.1) is 7.05 Å². The van der Waals surface area contributed by atoms with E-state index in [1.165, 1.54) is 0 Å². The van der Waals surface area contributed by atoms with Crippen LogP contribution < -0.4 is 5.32 Å². The van der Waals surface area contributed by atoms with E-state index in [4.69, 9.17) is 21.0 Å². The maximum atomic E-state index is 12.9. The van der Waals surface area contributed by atoms with Crippen LogP contribution >= 0.6 is 11.6 Å². The molecule has 0 unspecified atom stereocenters. The van der Waals surface area contributed by atoms with Gasteiger partial charge in [0, 0.05) is 49.4 Å². The molecule has 1 saturated heterocycles. The fourth-order valence-corrected chi connectivity index (χ4v) is 4.45. The number of hydrogen-bond acceptors (Lipinski definition) is 4. The third kappa shape index (κ3) is 4.51. The Balaban J connectivity index is 1.42. The molecule has 3 heterocycles. The maximum absolute atomic E-state index is 12.9. The van der Waals surface area contributed by atoms with Crippen LogP contribution in [0.4, 0.5) is 0 Å². The molecule has 2 N–H and O–H groups in total. The van der Waals surface area contributed by atoms with Gasteiger partial charge in [-0.1, -0.05) is 35.9 Å². The number of nitrogens with zero attached hydrogens (tertiary/aromatic N) is 4. The number of quaternary nitrogens is 1. The van der Waals surface area contributed by atoms with E-state index in [1.807, 2.05) is 63.3 Å². The van der Waals surface area contributed by atoms with Crippen LogP contribution in [-0.4, -0.2) is 44.5 Å². The summed E-state index contributed by atoms with van der Waals surface area (Å²) in [6.45, 7) is 1.56. The maximum Gasteiger partial charge on any atom is 0.308 e. The van der Waals surface area contributed by atoms with Crippen LogP contribution in [0.25, 0.3) is 28.3 Å². The fraction of sp³-hybridized carbons (Fsp3) is 0.280. The first-order valence-corrected chi connectivity index (χ1v) is 11.6. The molecule has 0 aliphatic carbocycles. The number of hydrogen-bond donors (Lipinski definition) is 1. The summed E-state index contributed by atoms with van der Waals surface area (Å²) in [5.41, 5.74) is 3.39. The normalized spacial score (nSPS) is 14.8. The number of benzene rings is 2. The molecule has 4 aromatic rings. The predicted octanol–water partition coefficient (Wildman–Crippen LogP) is 3.61. The van der Waals surface area contributed by atoms with E-state index in [2.05, 4.69) is 12.0 Å². The first kappa shape index (κ1) is 21.7. The molecule has 2 aromatic heterocycles. The van der Waals surface area contributed by atoms with Crippen molar-refractivity contribution in [3.05, 3.63) is 72.7 Å². The Morgan fingerprint density at radius 3 is 2.67 bits per heavy atom. The summed E-state index contributed by atoms with van der Waals surface area (Å²) in [7, 11) is 3.88. The standard InChI is InChI=1S/C25H26ClN5O2/c1-27-19-12-14-30(15-13-19)23(32)11-10-22-24(17-6-8-18(26)9-7-17)29-25(33-22)31-16-28-20-4-2-3-5-21(20)31/h2-9,16,19H,1,10-15,27H2. The number of amides is 1. The van der Waals surface area contributed by atoms with Gasteiger partial charge in [-0.15, -0.1) is 0 Å². The monoisotopic (exact) mass is 463 g/mol. The van der Waals surface area contributed by atoms with Crippen molar-refractivity contribution in [2.24, 2.45) is 0 Å². The molecule has 1 fully saturated rings. The number of rotatable bonds is 6. The van der Waals surface area contributed by atoms with E-state index in [0.29, 0.717) is 35.7 Å². The Morgan fingerprint density at radius 2 is 1.91 bits per heavy atom. The molecular weight excluding hydrogens is 438 g/mol. The minimum Gasteiger partial charge on any atom is -0.476 e. The van der Waals surface area contributed by atoms with E-state index in [9.17, 15) is 4.79 Å². The van der Waals surface area contributed by atoms with Gasteiger partial charge in [0.2, 0.25) is 5.91 Å². The number of halogens is 1. The number of piperidine rings is 1. The Morgan fingerprint density at radius 1 is 1.15 bits per heavy atom. The van der Waals surface area contributed by atoms with Gasteiger partial charge < -0.3 is 14.6 Å². The van der Waals surface area contributed by atoms with Gasteiger partial charge in [0.15, 0.2) is 0 Å². The number of imidazole rings is 1. The predicted molar refractivity (Wildman–Crippen MR) is 127 cm³/mol. The number of likely N-dealkylation sites (tertiary alicyclic amines) is 1. The second-order valence-electron chi connectivity index (χ2n) is 8.33. The topological polar surface area (TPSA) is 80.8 Å². The third-order valence-electron chi connectivity index (χ3n) is 6.25. The summed E-state index contributed by atoms with van der Waals surface area (Å²) < 4.78 is 8.05. The lowest BCUT2D eigenvalue weighted by Gasteiger charge is -2.31. The lowest BCUT2D eigenvalue weighted by atomic mass is 10.0. The van der Waals surface area contributed by atoms with Gasteiger partial charge in [0.1, 0.15) is 17.8 Å². The number of nitrogens with two attached hydrogens (primary N) is 1. The molecule has 0 bridgehead atoms. The van der Waals surface area contributed by atoms with Gasteiger partial charge in [-0.3, -0.25) is 9.36 Å². The molecule has 1 amide bonds. The van der Waals surface area contributed by atoms with E-state index in [-0.39, 0.29) is 5.91 Å². The van der Waals surface area contributed by atoms with Crippen LogP contribution in [0.2, 0.25) is 5.02 Å². The molecular formula is C25H26ClN5O2. The molecule has 1 aliphatic rings. The van der Waals surface area contributed by atoms with Crippen LogP contribution in [0.1, 0.15) is 25.0 Å². The zero-order chi connectivity index (χ0) is 22.8. The number of carbonyl (C=O) groups is 1. The highest BCUT2D eigenvalue weighted by molar-refractivity contribution is 6.30. The van der Waals surface area contributed by atoms with Crippen LogP contribution in [0.3, 0.4) is 0 Å². The van der Waals surface area contributed by atoms with Gasteiger partial charge in [0.25, 0.3) is 0 Å². The Hall–Kier alpha value is -3.16. The Kier molecular flexibility index (Phi) is 6.15. The molecule has 8 heteroatoms. The van der Waals surface area contributed by atoms with Crippen molar-refractivity contribution in [2.75, 3.05) is 13.1 Å². The quantitative estimate of drug-likeness (QED) is 0.443. The van der Waals surface area contributed by atoms with Crippen LogP contribution in [-0.2, 0) is 11.2 Å². The van der Waals surface area contributed by atoms with Crippen molar-refractivity contribution in [3.8, 4) is 17.3 Å². The summed E-state index contributed by atoms with van der Waals surface area (Å²) >= 11 is 6.09. The van der Waals surface area contributed by atoms with Gasteiger partial charge >= 0.3 is 6.01 Å². The van der Waals surface area contributed by atoms with Gasteiger partial charge in [-0.05, 0) is 24.3 Å². The summed E-state index contributed by atoms with van der Waals surface area (Å²) in [6, 6.07) is 16.3. The highest BCUT2D eigenvalue weighted by Crippen LogP contribution is 2.29. The summed E-state index contributed by atoms with van der Waals surface area (Å²) in [6.07, 6.45) is 4.51. The lowest BCUT2D eigenvalue weighted by Crippen LogP contribution is -2.85. The highest BCUT2D eigenvalue weighted by Gasteiger charge is 2.24. The molecule has 33 heavy (non-hydrogen) atoms. The average Bonchev–Trinajstić information content (AvgIpc) is 3.47. The Bertz CT molecular complexity index is 1260. The zero-order valence-electron chi connectivity index (χ0n) is 18.3. The van der Waals surface area contributed by atoms with E-state index < -0.39 is 0 Å². The Labute approximate surface area is 197 Å². The second kappa shape index (κ2) is 9.37. The summed E-state index contributed by atoms with van der Waals surface area (Å²) in [5, 5.41) is 2.65. The van der Waals surface area contributed by atoms with Crippen molar-refractivity contribution in [1.29, 1.82) is 0 Å². The van der Waals surface area contributed by atoms with E-state index in [0.717, 1.165) is 48.2 Å². The number of carbonyl (C=O) groups excluding carboxylic acids is 1. The number of aryl methyl sites for hydroxylation is 1. The molecule has 0 atom stereocenters. The van der Waals surface area contributed by atoms with Gasteiger partial charge in [0.05, 0.1) is 17.1 Å². The molecule has 0 saturated carbocycles. The van der Waals surface area contributed by atoms with Crippen molar-refractivity contribution >= 4 is 28.5 Å². The number of aromatic nitrogens is 3. The summed E-state index contributed by atoms with van der Waals surface area (Å²) in [4.78, 5) is 24.1. The molecule has 5 rings (SSSR count). The van der Waals surface area contributed by atoms with E-state index >= 15 is 0 Å². The van der Waals surface area contributed by atoms with Crippen molar-refractivity contribution in [3.63, 3.8) is 0 Å². The largest absolute Gasteiger partial charge is 0.476 e. The molecule has 1 aliphatic heterocycles. The molecule has 170 valence electrons. The number of fused-ring (bicyclic) bond motifs is 1. The minimum absolute atomic E-state index is 0.144. The second-order valence-corrected chi connectivity index (χ2v) is 8.77. The van der Waals surface area contributed by atoms with Crippen LogP contribution in [0.5, 0.6) is 0 Å². The number of oxazole rings is 1. The lowest BCUT2D eigenvalue weighted by molar-refractivity contribution is -0.636. The summed E-state index contributed by atoms with van der Waals surface area (Å²) in [5.74, 6) is 0.824. The van der Waals surface area contributed by atoms with E-state index in [1.54, 1.807) is 6.33 Å². The first-order valence-electron chi connectivity index (χ1n) is 11.2. The van der Waals surface area contributed by atoms with Crippen molar-refractivity contribution in [1.82, 2.24) is 19.4 Å². The molecule has 7 nitrogen and oxygen atoms in total. The van der Waals surface area contributed by atoms with Gasteiger partial charge in [-0.25, -0.2) is 4.98 Å². The van der Waals surface area contributed by atoms with Crippen molar-refractivity contribution < 1.29 is 14.5 Å². The van der Waals surface area contributed by atoms with Crippen LogP contribution in [0.15, 0.2) is 59.3 Å². The fourth-order valence-electron chi connectivity index (χ4n) is 4.32. The first-order chi connectivity index (χ1) is 16.1.